The predicted octanol–water partition coefficient (Wildman–Crippen LogP) is 4.31. The second-order valence-electron chi connectivity index (χ2n) is 8.08. The first-order valence-corrected chi connectivity index (χ1v) is 10.4. The average Bonchev–Trinajstić information content (AvgIpc) is 2.93. The molecular formula is C22H20F3N3O2S. The lowest BCUT2D eigenvalue weighted by atomic mass is 9.75. The molecule has 1 N–H and O–H groups in total. The Morgan fingerprint density at radius 2 is 1.94 bits per heavy atom. The number of halogens is 3. The first-order chi connectivity index (χ1) is 14.6. The number of amides is 1. The number of carbonyl (C=O) groups excluding carboxylic acids is 1. The minimum Gasteiger partial charge on any atom is -0.389 e. The summed E-state index contributed by atoms with van der Waals surface area (Å²) in [6.45, 7) is 1.64. The van der Waals surface area contributed by atoms with Crippen molar-refractivity contribution in [2.24, 2.45) is 0 Å². The smallest absolute Gasteiger partial charge is 0.389 e. The van der Waals surface area contributed by atoms with Crippen LogP contribution in [0.4, 0.5) is 18.9 Å². The van der Waals surface area contributed by atoms with Crippen LogP contribution in [0.3, 0.4) is 0 Å². The highest BCUT2D eigenvalue weighted by molar-refractivity contribution is 7.80. The second kappa shape index (κ2) is 7.46. The van der Waals surface area contributed by atoms with Crippen molar-refractivity contribution in [3.05, 3.63) is 53.1 Å². The van der Waals surface area contributed by atoms with E-state index in [1.165, 1.54) is 11.0 Å². The van der Waals surface area contributed by atoms with Gasteiger partial charge in [0.05, 0.1) is 29.4 Å². The third-order valence-corrected chi connectivity index (χ3v) is 6.65. The van der Waals surface area contributed by atoms with Crippen LogP contribution < -0.4 is 4.90 Å². The van der Waals surface area contributed by atoms with Gasteiger partial charge in [-0.1, -0.05) is 18.2 Å². The number of hydrogen-bond acceptors (Lipinski definition) is 4. The quantitative estimate of drug-likeness (QED) is 0.700. The summed E-state index contributed by atoms with van der Waals surface area (Å²) in [5.74, 6) is -0.306. The number of hydrogen-bond donors (Lipinski definition) is 1. The summed E-state index contributed by atoms with van der Waals surface area (Å²) in [6.07, 6.45) is -1.32. The van der Waals surface area contributed by atoms with E-state index in [0.29, 0.717) is 24.1 Å². The molecule has 0 aromatic heterocycles. The van der Waals surface area contributed by atoms with Crippen LogP contribution in [-0.2, 0) is 4.79 Å². The van der Waals surface area contributed by atoms with Gasteiger partial charge in [-0.3, -0.25) is 9.69 Å². The van der Waals surface area contributed by atoms with Crippen molar-refractivity contribution >= 4 is 28.9 Å². The monoisotopic (exact) mass is 447 g/mol. The van der Waals surface area contributed by atoms with Crippen LogP contribution in [0.15, 0.2) is 47.6 Å². The highest BCUT2D eigenvalue weighted by Crippen LogP contribution is 2.48. The molecule has 1 aliphatic heterocycles. The molecule has 1 heterocycles. The molecule has 9 heteroatoms. The van der Waals surface area contributed by atoms with Gasteiger partial charge >= 0.3 is 6.18 Å². The van der Waals surface area contributed by atoms with E-state index in [1.807, 2.05) is 0 Å². The SMILES string of the molecule is CC(O)c1ccc(N2C(=S)N(C3C=CC(C#N)=C(C(F)(F)F)C3)C(=O)C23CCC3)cc1. The van der Waals surface area contributed by atoms with E-state index in [4.69, 9.17) is 17.5 Å². The second-order valence-corrected chi connectivity index (χ2v) is 8.44. The number of thiocarbonyl (C=S) groups is 1. The Balaban J connectivity index is 1.69. The number of rotatable bonds is 3. The summed E-state index contributed by atoms with van der Waals surface area (Å²) in [6, 6.07) is 7.68. The molecule has 2 unspecified atom stereocenters. The lowest BCUT2D eigenvalue weighted by Crippen LogP contribution is -2.55. The van der Waals surface area contributed by atoms with Crippen molar-refractivity contribution in [3.8, 4) is 6.07 Å². The molecular weight excluding hydrogens is 427 g/mol. The summed E-state index contributed by atoms with van der Waals surface area (Å²) in [5.41, 5.74) is -0.909. The maximum atomic E-state index is 13.5. The maximum absolute atomic E-state index is 13.5. The maximum Gasteiger partial charge on any atom is 0.414 e. The summed E-state index contributed by atoms with van der Waals surface area (Å²) >= 11 is 5.61. The molecule has 1 aromatic rings. The third-order valence-electron chi connectivity index (χ3n) is 6.27. The minimum absolute atomic E-state index is 0.158. The fraction of sp³-hybridized carbons (Fsp3) is 0.409. The standard InChI is InChI=1S/C22H20F3N3O2S/c1-13(29)14-3-6-16(7-4-14)28-20(31)27(19(30)21(28)9-2-10-21)17-8-5-15(12-26)18(11-17)22(23,24)25/h3-8,13,17,29H,2,9-11H2,1H3. The van der Waals surface area contributed by atoms with Crippen molar-refractivity contribution in [2.45, 2.75) is 56.5 Å². The Morgan fingerprint density at radius 1 is 1.29 bits per heavy atom. The number of nitriles is 1. The molecule has 3 aliphatic rings. The van der Waals surface area contributed by atoms with E-state index in [2.05, 4.69) is 0 Å². The van der Waals surface area contributed by atoms with Gasteiger partial charge in [-0.05, 0) is 62.2 Å². The first kappa shape index (κ1) is 21.5. The average molecular weight is 447 g/mol. The molecule has 1 saturated carbocycles. The molecule has 1 aromatic carbocycles. The van der Waals surface area contributed by atoms with Crippen LogP contribution in [0.25, 0.3) is 0 Å². The fourth-order valence-electron chi connectivity index (χ4n) is 4.44. The molecule has 0 bridgehead atoms. The predicted molar refractivity (Wildman–Crippen MR) is 112 cm³/mol. The Hall–Kier alpha value is -2.70. The molecule has 4 rings (SSSR count). The van der Waals surface area contributed by atoms with E-state index >= 15 is 0 Å². The number of carbonyl (C=O) groups is 1. The number of aliphatic hydroxyl groups excluding tert-OH is 1. The van der Waals surface area contributed by atoms with Gasteiger partial charge in [-0.15, -0.1) is 0 Å². The van der Waals surface area contributed by atoms with E-state index < -0.39 is 41.4 Å². The number of allylic oxidation sites excluding steroid dienone is 2. The summed E-state index contributed by atoms with van der Waals surface area (Å²) < 4.78 is 40.5. The van der Waals surface area contributed by atoms with Crippen LogP contribution in [0.2, 0.25) is 0 Å². The van der Waals surface area contributed by atoms with E-state index in [1.54, 1.807) is 42.2 Å². The number of nitrogens with zero attached hydrogens (tertiary/aromatic N) is 3. The first-order valence-electron chi connectivity index (χ1n) is 9.94. The lowest BCUT2D eigenvalue weighted by molar-refractivity contribution is -0.134. The van der Waals surface area contributed by atoms with Crippen LogP contribution >= 0.6 is 12.2 Å². The topological polar surface area (TPSA) is 67.6 Å². The van der Waals surface area contributed by atoms with Gasteiger partial charge in [-0.2, -0.15) is 18.4 Å². The molecule has 1 spiro atoms. The zero-order valence-electron chi connectivity index (χ0n) is 16.7. The number of alkyl halides is 3. The normalized spacial score (nSPS) is 23.9. The van der Waals surface area contributed by atoms with Gasteiger partial charge in [0, 0.05) is 12.1 Å². The van der Waals surface area contributed by atoms with E-state index in [0.717, 1.165) is 12.5 Å². The van der Waals surface area contributed by atoms with Gasteiger partial charge < -0.3 is 10.0 Å². The Labute approximate surface area is 183 Å². The number of anilines is 1. The molecule has 31 heavy (non-hydrogen) atoms. The van der Waals surface area contributed by atoms with Gasteiger partial charge in [0.2, 0.25) is 0 Å². The van der Waals surface area contributed by atoms with Crippen molar-refractivity contribution in [3.63, 3.8) is 0 Å². The Kier molecular flexibility index (Phi) is 5.18. The van der Waals surface area contributed by atoms with Crippen molar-refractivity contribution in [2.75, 3.05) is 4.90 Å². The lowest BCUT2D eigenvalue weighted by Gasteiger charge is -2.43. The molecule has 2 atom stereocenters. The molecule has 162 valence electrons. The fourth-order valence-corrected chi connectivity index (χ4v) is 4.94. The van der Waals surface area contributed by atoms with Gasteiger partial charge in [0.25, 0.3) is 5.91 Å². The van der Waals surface area contributed by atoms with Crippen LogP contribution in [0.5, 0.6) is 0 Å². The Bertz CT molecular complexity index is 1030. The van der Waals surface area contributed by atoms with Crippen LogP contribution in [-0.4, -0.2) is 38.8 Å². The summed E-state index contributed by atoms with van der Waals surface area (Å²) in [4.78, 5) is 16.5. The van der Waals surface area contributed by atoms with Gasteiger partial charge in [-0.25, -0.2) is 0 Å². The molecule has 1 amide bonds. The van der Waals surface area contributed by atoms with Crippen molar-refractivity contribution in [1.29, 1.82) is 5.26 Å². The van der Waals surface area contributed by atoms with Crippen molar-refractivity contribution in [1.82, 2.24) is 4.90 Å². The van der Waals surface area contributed by atoms with Crippen LogP contribution in [0.1, 0.15) is 44.3 Å². The van der Waals surface area contributed by atoms with E-state index in [9.17, 15) is 23.1 Å². The van der Waals surface area contributed by atoms with Crippen LogP contribution in [0, 0.1) is 11.3 Å². The third kappa shape index (κ3) is 3.34. The molecule has 2 aliphatic carbocycles. The zero-order chi connectivity index (χ0) is 22.6. The zero-order valence-corrected chi connectivity index (χ0v) is 17.5. The molecule has 2 fully saturated rings. The molecule has 0 radical (unpaired) electrons. The minimum atomic E-state index is -4.66. The molecule has 1 saturated heterocycles. The largest absolute Gasteiger partial charge is 0.414 e. The van der Waals surface area contributed by atoms with Gasteiger partial charge in [0.1, 0.15) is 5.54 Å². The van der Waals surface area contributed by atoms with E-state index in [-0.39, 0.29) is 11.0 Å². The number of aliphatic hydroxyl groups is 1. The summed E-state index contributed by atoms with van der Waals surface area (Å²) in [7, 11) is 0. The Morgan fingerprint density at radius 3 is 2.42 bits per heavy atom. The summed E-state index contributed by atoms with van der Waals surface area (Å²) in [5, 5.41) is 19.0. The highest BCUT2D eigenvalue weighted by atomic mass is 32.1. The molecule has 5 nitrogen and oxygen atoms in total. The van der Waals surface area contributed by atoms with Crippen molar-refractivity contribution < 1.29 is 23.1 Å². The highest BCUT2D eigenvalue weighted by Gasteiger charge is 2.60. The number of benzene rings is 1. The van der Waals surface area contributed by atoms with Gasteiger partial charge in [0.15, 0.2) is 5.11 Å².